The van der Waals surface area contributed by atoms with Crippen molar-refractivity contribution in [3.8, 4) is 5.75 Å². The standard InChI is InChI=1S/C24H19Cl2NO5/c1-13-6-3-4-8-16(13)20-19(21(28)17-10-14(25)11-18(26)23(17)31-2)22(29)24(30)27(20)12-15-7-5-9-32-15/h3-11,20,28H,12H2,1-2H3/b21-19+. The highest BCUT2D eigenvalue weighted by Gasteiger charge is 2.47. The molecule has 1 unspecified atom stereocenters. The number of hydrogen-bond donors (Lipinski definition) is 1. The van der Waals surface area contributed by atoms with Crippen molar-refractivity contribution in [1.82, 2.24) is 4.90 Å². The highest BCUT2D eigenvalue weighted by Crippen LogP contribution is 2.44. The van der Waals surface area contributed by atoms with Crippen LogP contribution >= 0.6 is 23.2 Å². The number of aliphatic hydroxyl groups excluding tert-OH is 1. The van der Waals surface area contributed by atoms with Crippen LogP contribution in [0.4, 0.5) is 0 Å². The number of aryl methyl sites for hydroxylation is 1. The minimum absolute atomic E-state index is 0.0563. The van der Waals surface area contributed by atoms with Crippen LogP contribution in [-0.4, -0.2) is 28.8 Å². The number of ketones is 1. The van der Waals surface area contributed by atoms with Gasteiger partial charge in [0.25, 0.3) is 11.7 Å². The number of benzene rings is 2. The van der Waals surface area contributed by atoms with Crippen molar-refractivity contribution in [3.05, 3.63) is 92.9 Å². The minimum atomic E-state index is -0.844. The van der Waals surface area contributed by atoms with Crippen LogP contribution in [0.15, 0.2) is 64.8 Å². The first-order chi connectivity index (χ1) is 15.3. The maximum atomic E-state index is 13.2. The second kappa shape index (κ2) is 8.73. The van der Waals surface area contributed by atoms with Gasteiger partial charge in [0, 0.05) is 5.02 Å². The molecule has 1 aliphatic heterocycles. The number of aliphatic hydroxyl groups is 1. The zero-order valence-electron chi connectivity index (χ0n) is 17.3. The Hall–Kier alpha value is -3.22. The lowest BCUT2D eigenvalue weighted by molar-refractivity contribution is -0.140. The van der Waals surface area contributed by atoms with Crippen LogP contribution in [0.2, 0.25) is 10.0 Å². The van der Waals surface area contributed by atoms with E-state index in [-0.39, 0.29) is 33.5 Å². The number of rotatable bonds is 5. The predicted molar refractivity (Wildman–Crippen MR) is 121 cm³/mol. The number of likely N-dealkylation sites (tertiary alicyclic amines) is 1. The summed E-state index contributed by atoms with van der Waals surface area (Å²) in [6, 6.07) is 12.8. The molecule has 0 aliphatic carbocycles. The summed E-state index contributed by atoms with van der Waals surface area (Å²) in [5, 5.41) is 11.7. The Balaban J connectivity index is 1.96. The van der Waals surface area contributed by atoms with Crippen molar-refractivity contribution >= 4 is 40.7 Å². The van der Waals surface area contributed by atoms with E-state index >= 15 is 0 Å². The molecule has 2 heterocycles. The Labute approximate surface area is 194 Å². The zero-order chi connectivity index (χ0) is 23.0. The molecule has 1 atom stereocenters. The lowest BCUT2D eigenvalue weighted by atomic mass is 9.92. The van der Waals surface area contributed by atoms with Gasteiger partial charge in [0.05, 0.1) is 42.1 Å². The monoisotopic (exact) mass is 471 g/mol. The van der Waals surface area contributed by atoms with Crippen LogP contribution < -0.4 is 4.74 Å². The van der Waals surface area contributed by atoms with Gasteiger partial charge in [-0.15, -0.1) is 0 Å². The van der Waals surface area contributed by atoms with Crippen LogP contribution in [0.5, 0.6) is 5.75 Å². The molecule has 0 radical (unpaired) electrons. The Morgan fingerprint density at radius 3 is 2.56 bits per heavy atom. The van der Waals surface area contributed by atoms with Crippen LogP contribution in [-0.2, 0) is 16.1 Å². The van der Waals surface area contributed by atoms with Gasteiger partial charge in [-0.25, -0.2) is 0 Å². The van der Waals surface area contributed by atoms with Gasteiger partial charge in [-0.1, -0.05) is 47.5 Å². The van der Waals surface area contributed by atoms with E-state index in [9.17, 15) is 14.7 Å². The number of carbonyl (C=O) groups is 2. The van der Waals surface area contributed by atoms with Gasteiger partial charge in [0.1, 0.15) is 17.3 Å². The van der Waals surface area contributed by atoms with Crippen LogP contribution in [0.25, 0.3) is 5.76 Å². The highest BCUT2D eigenvalue weighted by molar-refractivity contribution is 6.46. The van der Waals surface area contributed by atoms with Gasteiger partial charge in [-0.2, -0.15) is 0 Å². The summed E-state index contributed by atoms with van der Waals surface area (Å²) in [6.45, 7) is 1.93. The lowest BCUT2D eigenvalue weighted by Gasteiger charge is -2.26. The fourth-order valence-corrected chi connectivity index (χ4v) is 4.49. The molecule has 0 bridgehead atoms. The fraction of sp³-hybridized carbons (Fsp3) is 0.167. The molecule has 4 rings (SSSR count). The van der Waals surface area contributed by atoms with E-state index in [1.165, 1.54) is 30.4 Å². The van der Waals surface area contributed by atoms with Crippen molar-refractivity contribution < 1.29 is 23.8 Å². The van der Waals surface area contributed by atoms with E-state index in [4.69, 9.17) is 32.4 Å². The molecule has 1 saturated heterocycles. The van der Waals surface area contributed by atoms with Crippen LogP contribution in [0.1, 0.15) is 28.5 Å². The predicted octanol–water partition coefficient (Wildman–Crippen LogP) is 5.53. The number of hydrogen-bond acceptors (Lipinski definition) is 5. The van der Waals surface area contributed by atoms with E-state index in [0.29, 0.717) is 11.3 Å². The number of furan rings is 1. The highest BCUT2D eigenvalue weighted by atomic mass is 35.5. The molecule has 32 heavy (non-hydrogen) atoms. The van der Waals surface area contributed by atoms with Crippen LogP contribution in [0, 0.1) is 6.92 Å². The van der Waals surface area contributed by atoms with E-state index in [2.05, 4.69) is 0 Å². The average molecular weight is 472 g/mol. The molecule has 1 fully saturated rings. The topological polar surface area (TPSA) is 80.0 Å². The summed E-state index contributed by atoms with van der Waals surface area (Å²) in [4.78, 5) is 27.6. The molecule has 3 aromatic rings. The van der Waals surface area contributed by atoms with Gasteiger partial charge in [-0.3, -0.25) is 9.59 Å². The van der Waals surface area contributed by atoms with Crippen molar-refractivity contribution in [2.45, 2.75) is 19.5 Å². The molecule has 164 valence electrons. The van der Waals surface area contributed by atoms with Crippen molar-refractivity contribution in [2.75, 3.05) is 7.11 Å². The maximum absolute atomic E-state index is 13.2. The van der Waals surface area contributed by atoms with Gasteiger partial charge >= 0.3 is 0 Å². The SMILES string of the molecule is COc1c(Cl)cc(Cl)cc1/C(O)=C1\C(=O)C(=O)N(Cc2ccco2)C1c1ccccc1C. The first kappa shape index (κ1) is 22.0. The Morgan fingerprint density at radius 2 is 1.91 bits per heavy atom. The van der Waals surface area contributed by atoms with Crippen molar-refractivity contribution in [2.24, 2.45) is 0 Å². The first-order valence-electron chi connectivity index (χ1n) is 9.73. The summed E-state index contributed by atoms with van der Waals surface area (Å²) < 4.78 is 10.7. The molecule has 1 aliphatic rings. The average Bonchev–Trinajstić information content (AvgIpc) is 3.36. The molecule has 8 heteroatoms. The zero-order valence-corrected chi connectivity index (χ0v) is 18.8. The quantitative estimate of drug-likeness (QED) is 0.300. The smallest absolute Gasteiger partial charge is 0.296 e. The maximum Gasteiger partial charge on any atom is 0.296 e. The fourth-order valence-electron chi connectivity index (χ4n) is 3.92. The Kier molecular flexibility index (Phi) is 6.00. The molecule has 1 aromatic heterocycles. The molecule has 0 spiro atoms. The lowest BCUT2D eigenvalue weighted by Crippen LogP contribution is -2.29. The summed E-state index contributed by atoms with van der Waals surface area (Å²) in [5.41, 5.74) is 1.60. The number of Topliss-reactive ketones (excluding diaryl/α,β-unsaturated/α-hetero) is 1. The van der Waals surface area contributed by atoms with E-state index in [1.807, 2.05) is 31.2 Å². The number of methoxy groups -OCH3 is 1. The van der Waals surface area contributed by atoms with Crippen molar-refractivity contribution in [3.63, 3.8) is 0 Å². The van der Waals surface area contributed by atoms with E-state index in [1.54, 1.807) is 12.1 Å². The Morgan fingerprint density at radius 1 is 1.16 bits per heavy atom. The van der Waals surface area contributed by atoms with E-state index < -0.39 is 23.5 Å². The summed E-state index contributed by atoms with van der Waals surface area (Å²) in [6.07, 6.45) is 1.49. The normalized spacial score (nSPS) is 17.8. The van der Waals surface area contributed by atoms with Gasteiger partial charge < -0.3 is 19.2 Å². The molecule has 1 amide bonds. The van der Waals surface area contributed by atoms with Gasteiger partial charge in [0.15, 0.2) is 0 Å². The second-order valence-electron chi connectivity index (χ2n) is 7.33. The summed E-state index contributed by atoms with van der Waals surface area (Å²) >= 11 is 12.4. The van der Waals surface area contributed by atoms with Crippen LogP contribution in [0.3, 0.4) is 0 Å². The molecule has 2 aromatic carbocycles. The molecular weight excluding hydrogens is 453 g/mol. The van der Waals surface area contributed by atoms with Gasteiger partial charge in [0.2, 0.25) is 0 Å². The summed E-state index contributed by atoms with van der Waals surface area (Å²) in [7, 11) is 1.39. The number of nitrogens with zero attached hydrogens (tertiary/aromatic N) is 1. The van der Waals surface area contributed by atoms with Crippen molar-refractivity contribution in [1.29, 1.82) is 0 Å². The number of ether oxygens (including phenoxy) is 1. The molecule has 6 nitrogen and oxygen atoms in total. The molecule has 0 saturated carbocycles. The van der Waals surface area contributed by atoms with Gasteiger partial charge in [-0.05, 0) is 42.3 Å². The number of amides is 1. The Bertz CT molecular complexity index is 1230. The third-order valence-electron chi connectivity index (χ3n) is 5.40. The molecular formula is C24H19Cl2NO5. The number of halogens is 2. The van der Waals surface area contributed by atoms with E-state index in [0.717, 1.165) is 5.56 Å². The third-order valence-corrected chi connectivity index (χ3v) is 5.90. The second-order valence-corrected chi connectivity index (χ2v) is 8.18. The largest absolute Gasteiger partial charge is 0.507 e. The summed E-state index contributed by atoms with van der Waals surface area (Å²) in [5.74, 6) is -1.33. The first-order valence-corrected chi connectivity index (χ1v) is 10.5. The third kappa shape index (κ3) is 3.76. The minimum Gasteiger partial charge on any atom is -0.507 e. The number of carbonyl (C=O) groups excluding carboxylic acids is 2. The molecule has 1 N–H and O–H groups in total.